The van der Waals surface area contributed by atoms with Crippen molar-refractivity contribution in [2.45, 2.75) is 0 Å². The molecule has 0 bridgehead atoms. The van der Waals surface area contributed by atoms with Crippen molar-refractivity contribution in [1.29, 1.82) is 0 Å². The van der Waals surface area contributed by atoms with E-state index in [0.29, 0.717) is 0 Å². The van der Waals surface area contributed by atoms with Crippen molar-refractivity contribution in [3.8, 4) is 17.3 Å². The number of rotatable bonds is 2. The number of aryl methyl sites for hydroxylation is 1. The highest BCUT2D eigenvalue weighted by Gasteiger charge is 2.16. The maximum Gasteiger partial charge on any atom is 0.177 e. The van der Waals surface area contributed by atoms with E-state index in [1.54, 1.807) is 31.2 Å². The maximum absolute atomic E-state index is 5.77. The molecule has 0 spiro atoms. The van der Waals surface area contributed by atoms with Crippen molar-refractivity contribution in [2.75, 3.05) is 0 Å². The summed E-state index contributed by atoms with van der Waals surface area (Å²) in [7, 11) is 1.95. The van der Waals surface area contributed by atoms with E-state index in [1.807, 2.05) is 34.6 Å². The molecular weight excluding hydrogens is 292 g/mol. The van der Waals surface area contributed by atoms with Crippen LogP contribution in [0.4, 0.5) is 0 Å². The fourth-order valence-electron chi connectivity index (χ4n) is 2.92. The van der Waals surface area contributed by atoms with Crippen molar-refractivity contribution < 1.29 is 8.83 Å². The largest absolute Gasteiger partial charge is 0.462 e. The summed E-state index contributed by atoms with van der Waals surface area (Å²) in [6.07, 6.45) is 12.5. The van der Waals surface area contributed by atoms with Crippen molar-refractivity contribution in [3.05, 3.63) is 55.8 Å². The van der Waals surface area contributed by atoms with Crippen molar-refractivity contribution in [2.24, 2.45) is 7.05 Å². The summed E-state index contributed by atoms with van der Waals surface area (Å²) in [6, 6.07) is 4.07. The average molecular weight is 304 g/mol. The zero-order valence-electron chi connectivity index (χ0n) is 12.3. The molecule has 1 aromatic carbocycles. The van der Waals surface area contributed by atoms with Crippen LogP contribution in [0.3, 0.4) is 0 Å². The molecule has 0 amide bonds. The second-order valence-corrected chi connectivity index (χ2v) is 5.45. The minimum Gasteiger partial charge on any atom is -0.462 e. The molecule has 0 unspecified atom stereocenters. The van der Waals surface area contributed by atoms with Gasteiger partial charge in [0.15, 0.2) is 11.6 Å². The van der Waals surface area contributed by atoms with E-state index < -0.39 is 0 Å². The number of benzene rings is 1. The number of furan rings is 2. The number of fused-ring (bicyclic) bond motifs is 2. The molecule has 0 aliphatic carbocycles. The summed E-state index contributed by atoms with van der Waals surface area (Å²) < 4.78 is 15.3. The Balaban J connectivity index is 1.82. The van der Waals surface area contributed by atoms with E-state index in [1.165, 1.54) is 0 Å². The van der Waals surface area contributed by atoms with E-state index in [0.717, 1.165) is 39.0 Å². The van der Waals surface area contributed by atoms with E-state index >= 15 is 0 Å². The van der Waals surface area contributed by atoms with Crippen LogP contribution in [0.1, 0.15) is 0 Å². The van der Waals surface area contributed by atoms with Crippen molar-refractivity contribution in [1.82, 2.24) is 19.1 Å². The number of hydrogen-bond donors (Lipinski definition) is 0. The number of hydrogen-bond acceptors (Lipinski definition) is 4. The number of aromatic nitrogens is 4. The molecule has 112 valence electrons. The van der Waals surface area contributed by atoms with Gasteiger partial charge in [0, 0.05) is 48.0 Å². The Morgan fingerprint density at radius 2 is 1.96 bits per heavy atom. The summed E-state index contributed by atoms with van der Waals surface area (Å²) in [6.45, 7) is 0. The maximum atomic E-state index is 5.77. The van der Waals surface area contributed by atoms with E-state index in [9.17, 15) is 0 Å². The summed E-state index contributed by atoms with van der Waals surface area (Å²) in [5, 5.41) is 3.00. The van der Waals surface area contributed by atoms with E-state index in [-0.39, 0.29) is 0 Å². The minimum atomic E-state index is 0.757. The van der Waals surface area contributed by atoms with Crippen LogP contribution in [0.15, 0.2) is 64.6 Å². The zero-order chi connectivity index (χ0) is 15.4. The third-order valence-electron chi connectivity index (χ3n) is 4.08. The van der Waals surface area contributed by atoms with E-state index in [4.69, 9.17) is 8.83 Å². The van der Waals surface area contributed by atoms with E-state index in [2.05, 4.69) is 16.0 Å². The van der Waals surface area contributed by atoms with Crippen LogP contribution in [-0.4, -0.2) is 19.1 Å². The van der Waals surface area contributed by atoms with Gasteiger partial charge in [-0.1, -0.05) is 0 Å². The standard InChI is InChI=1S/C17H12N4O2/c1-20-4-3-19-17(20)16-12-7-13-14(21-5-2-18-10-21)9-22-15(13)6-11(12)8-23-16/h2-10H,1H3. The molecule has 0 N–H and O–H groups in total. The third kappa shape index (κ3) is 1.69. The molecule has 5 rings (SSSR count). The quantitative estimate of drug-likeness (QED) is 0.498. The second kappa shape index (κ2) is 4.36. The molecule has 5 aromatic rings. The molecule has 4 heterocycles. The Morgan fingerprint density at radius 3 is 2.74 bits per heavy atom. The van der Waals surface area contributed by atoms with Crippen LogP contribution >= 0.6 is 0 Å². The molecule has 6 heteroatoms. The number of nitrogens with zero attached hydrogens (tertiary/aromatic N) is 4. The molecule has 4 aromatic heterocycles. The summed E-state index contributed by atoms with van der Waals surface area (Å²) in [5.41, 5.74) is 1.76. The van der Waals surface area contributed by atoms with Crippen LogP contribution in [0, 0.1) is 0 Å². The van der Waals surface area contributed by atoms with Gasteiger partial charge < -0.3 is 18.0 Å². The SMILES string of the molecule is Cn1ccnc1-c1occ2cc3occ(-n4ccnc4)c3cc12. The fraction of sp³-hybridized carbons (Fsp3) is 0.0588. The monoisotopic (exact) mass is 304 g/mol. The van der Waals surface area contributed by atoms with Gasteiger partial charge in [-0.25, -0.2) is 9.97 Å². The van der Waals surface area contributed by atoms with Gasteiger partial charge in [-0.2, -0.15) is 0 Å². The normalized spacial score (nSPS) is 11.7. The topological polar surface area (TPSA) is 61.9 Å². The first kappa shape index (κ1) is 12.3. The Bertz CT molecular complexity index is 1130. The first-order valence-corrected chi connectivity index (χ1v) is 7.20. The molecule has 0 aliphatic rings. The van der Waals surface area contributed by atoms with Gasteiger partial charge >= 0.3 is 0 Å². The highest BCUT2D eigenvalue weighted by atomic mass is 16.3. The van der Waals surface area contributed by atoms with Crippen LogP contribution < -0.4 is 0 Å². The van der Waals surface area contributed by atoms with Gasteiger partial charge in [0.2, 0.25) is 0 Å². The van der Waals surface area contributed by atoms with Gasteiger partial charge in [-0.15, -0.1) is 0 Å². The molecule has 0 fully saturated rings. The van der Waals surface area contributed by atoms with Crippen molar-refractivity contribution in [3.63, 3.8) is 0 Å². The predicted octanol–water partition coefficient (Wildman–Crippen LogP) is 3.77. The average Bonchev–Trinajstić information content (AvgIpc) is 3.31. The highest BCUT2D eigenvalue weighted by molar-refractivity contribution is 6.03. The first-order valence-electron chi connectivity index (χ1n) is 7.20. The third-order valence-corrected chi connectivity index (χ3v) is 4.08. The van der Waals surface area contributed by atoms with Gasteiger partial charge in [0.1, 0.15) is 11.8 Å². The molecule has 6 nitrogen and oxygen atoms in total. The van der Waals surface area contributed by atoms with Crippen LogP contribution in [0.25, 0.3) is 39.0 Å². The summed E-state index contributed by atoms with van der Waals surface area (Å²) in [5.74, 6) is 1.55. The molecule has 23 heavy (non-hydrogen) atoms. The highest BCUT2D eigenvalue weighted by Crippen LogP contribution is 2.35. The second-order valence-electron chi connectivity index (χ2n) is 5.45. The Hall–Kier alpha value is -3.28. The lowest BCUT2D eigenvalue weighted by atomic mass is 10.1. The molecule has 0 aliphatic heterocycles. The lowest BCUT2D eigenvalue weighted by molar-refractivity contribution is 0.578. The smallest absolute Gasteiger partial charge is 0.177 e. The van der Waals surface area contributed by atoms with Gasteiger partial charge in [0.25, 0.3) is 0 Å². The van der Waals surface area contributed by atoms with Crippen molar-refractivity contribution >= 4 is 21.7 Å². The Labute approximate surface area is 130 Å². The molecule has 0 atom stereocenters. The molecule has 0 radical (unpaired) electrons. The minimum absolute atomic E-state index is 0.757. The van der Waals surface area contributed by atoms with Gasteiger partial charge in [0.05, 0.1) is 18.3 Å². The zero-order valence-corrected chi connectivity index (χ0v) is 12.3. The molecule has 0 saturated carbocycles. The lowest BCUT2D eigenvalue weighted by Gasteiger charge is -2.00. The van der Waals surface area contributed by atoms with Gasteiger partial charge in [-0.3, -0.25) is 0 Å². The van der Waals surface area contributed by atoms with Crippen LogP contribution in [0.2, 0.25) is 0 Å². The van der Waals surface area contributed by atoms with Crippen LogP contribution in [-0.2, 0) is 7.05 Å². The number of imidazole rings is 2. The lowest BCUT2D eigenvalue weighted by Crippen LogP contribution is -1.90. The summed E-state index contributed by atoms with van der Waals surface area (Å²) in [4.78, 5) is 8.48. The Morgan fingerprint density at radius 1 is 1.00 bits per heavy atom. The van der Waals surface area contributed by atoms with Crippen LogP contribution in [0.5, 0.6) is 0 Å². The molecule has 0 saturated heterocycles. The molecular formula is C17H12N4O2. The first-order chi connectivity index (χ1) is 11.3. The fourth-order valence-corrected chi connectivity index (χ4v) is 2.92. The van der Waals surface area contributed by atoms with Gasteiger partial charge in [-0.05, 0) is 12.1 Å². The summed E-state index contributed by atoms with van der Waals surface area (Å²) >= 11 is 0. The predicted molar refractivity (Wildman–Crippen MR) is 85.3 cm³/mol. The Kier molecular flexibility index (Phi) is 2.33.